The van der Waals surface area contributed by atoms with Crippen molar-refractivity contribution in [2.75, 3.05) is 19.7 Å². The highest BCUT2D eigenvalue weighted by Gasteiger charge is 2.44. The number of nitrogens with one attached hydrogen (secondary N) is 3. The molecule has 1 amide bonds. The molecular formula is C92H153N23O24. The third kappa shape index (κ3) is 39.1. The average molecular weight is 1970 g/mol. The molecule has 780 valence electrons. The van der Waals surface area contributed by atoms with Gasteiger partial charge in [-0.3, -0.25) is 21.0 Å². The third-order valence-electron chi connectivity index (χ3n) is 22.1. The Morgan fingerprint density at radius 3 is 1.29 bits per heavy atom. The first-order valence-electron chi connectivity index (χ1n) is 45.7. The maximum Gasteiger partial charge on any atom is 0.250 e. The number of aliphatic hydroxyl groups is 23. The van der Waals surface area contributed by atoms with Crippen molar-refractivity contribution in [3.8, 4) is 0 Å². The molecule has 0 aliphatic carbocycles. The molecule has 26 N–H and O–H groups in total. The quantitative estimate of drug-likeness (QED) is 0.0213. The predicted octanol–water partition coefficient (Wildman–Crippen LogP) is 14.5. The minimum Gasteiger partial charge on any atom is -0.497 e. The van der Waals surface area contributed by atoms with Crippen LogP contribution in [0.15, 0.2) is 125 Å². The Morgan fingerprint density at radius 1 is 0.410 bits per heavy atom. The molecule has 1 saturated heterocycles. The Labute approximate surface area is 811 Å². The van der Waals surface area contributed by atoms with Gasteiger partial charge in [0.2, 0.25) is 106 Å². The van der Waals surface area contributed by atoms with Gasteiger partial charge in [0.15, 0.2) is 23.6 Å². The number of rotatable bonds is 56. The van der Waals surface area contributed by atoms with E-state index >= 15 is 0 Å². The van der Waals surface area contributed by atoms with Crippen LogP contribution in [0.5, 0.6) is 0 Å². The maximum atomic E-state index is 14.7. The molecule has 1 aromatic rings. The van der Waals surface area contributed by atoms with E-state index in [0.29, 0.717) is 12.8 Å². The molecule has 0 spiro atoms. The van der Waals surface area contributed by atoms with Crippen LogP contribution in [0, 0.1) is 34.0 Å². The lowest BCUT2D eigenvalue weighted by Gasteiger charge is -2.31. The zero-order chi connectivity index (χ0) is 107. The minimum absolute atomic E-state index is 0.0458. The van der Waals surface area contributed by atoms with Crippen LogP contribution in [-0.4, -0.2) is 388 Å². The third-order valence-corrected chi connectivity index (χ3v) is 22.1. The summed E-state index contributed by atoms with van der Waals surface area (Å²) in [5.41, 5.74) is -13.4. The van der Waals surface area contributed by atoms with Gasteiger partial charge in [-0.05, 0) is 199 Å². The van der Waals surface area contributed by atoms with Crippen molar-refractivity contribution in [3.63, 3.8) is 0 Å². The summed E-state index contributed by atoms with van der Waals surface area (Å²) in [6, 6.07) is -5.31. The van der Waals surface area contributed by atoms with Gasteiger partial charge in [0.1, 0.15) is 111 Å². The van der Waals surface area contributed by atoms with Crippen LogP contribution in [0.1, 0.15) is 256 Å². The molecule has 1 aliphatic rings. The summed E-state index contributed by atoms with van der Waals surface area (Å²) in [7, 11) is 0. The van der Waals surface area contributed by atoms with Crippen molar-refractivity contribution >= 4 is 136 Å². The lowest BCUT2D eigenvalue weighted by atomic mass is 9.97. The molecule has 0 bridgehead atoms. The number of nitrogens with zero attached hydrogens (tertiary/aromatic N) is 20. The Balaban J connectivity index is 2.57. The molecule has 0 radical (unpaired) electrons. The molecule has 1 aliphatic heterocycles. The monoisotopic (exact) mass is 1960 g/mol. The van der Waals surface area contributed by atoms with E-state index in [2.05, 4.69) is 94.9 Å². The van der Waals surface area contributed by atoms with Crippen molar-refractivity contribution in [2.24, 2.45) is 113 Å². The summed E-state index contributed by atoms with van der Waals surface area (Å²) in [6.45, 7) is 36.5. The summed E-state index contributed by atoms with van der Waals surface area (Å²) in [5.74, 6) is -18.1. The van der Waals surface area contributed by atoms with Gasteiger partial charge < -0.3 is 122 Å². The van der Waals surface area contributed by atoms with Crippen LogP contribution in [0.2, 0.25) is 0 Å². The first-order valence-corrected chi connectivity index (χ1v) is 45.7. The Kier molecular flexibility index (Phi) is 46.3. The SMILES string of the molecule is CCC(C)C(N=C(O)C(C)(C)N=C(O)C(CCC(=N)O)N=C(O)C(C)(C)N=C(O)C(C)(C)N=C(O)C(C)N=C(O)C(C)N=C(O)C(C)N=C(O)C(C)(C)N=C(C)O)C(O)=NC(C)(C)C(O)=NCC(O)=NC(CC(C)C)C(O)=NC(C)(C)C(=O)N1CCCC1C(O)=NC(C(O)=NC(C)(C)C(O)=NC(C)(CC)C(O)=NC(CCC(=N)O)C(O)=NC(CCC(=N)O)C(O)=NC(CO)Cc1ccccc1)C(C)C. The van der Waals surface area contributed by atoms with Gasteiger partial charge in [-0.2, -0.15) is 0 Å². The highest BCUT2D eigenvalue weighted by atomic mass is 16.3. The van der Waals surface area contributed by atoms with Gasteiger partial charge >= 0.3 is 0 Å². The number of hydrogen-bond acceptors (Lipinski definition) is 24. The van der Waals surface area contributed by atoms with Gasteiger partial charge in [0.25, 0.3) is 5.91 Å². The molecule has 2 rings (SSSR count). The molecule has 0 saturated carbocycles. The number of carbonyl (C=O) groups excluding carboxylic acids is 1. The topological polar surface area (TPSA) is 792 Å². The van der Waals surface area contributed by atoms with E-state index in [4.69, 9.17) is 16.2 Å². The van der Waals surface area contributed by atoms with Crippen molar-refractivity contribution in [2.45, 2.75) is 368 Å². The summed E-state index contributed by atoms with van der Waals surface area (Å²) in [5, 5.41) is 278. The molecule has 1 heterocycles. The summed E-state index contributed by atoms with van der Waals surface area (Å²) < 4.78 is 0. The van der Waals surface area contributed by atoms with Gasteiger partial charge in [-0.15, -0.1) is 0 Å². The molecular weight excluding hydrogens is 1810 g/mol. The zero-order valence-corrected chi connectivity index (χ0v) is 84.7. The van der Waals surface area contributed by atoms with Gasteiger partial charge in [-0.1, -0.05) is 85.2 Å². The lowest BCUT2D eigenvalue weighted by Crippen LogP contribution is -2.50. The van der Waals surface area contributed by atoms with E-state index in [1.54, 1.807) is 78.8 Å². The second kappa shape index (κ2) is 52.7. The second-order valence-corrected chi connectivity index (χ2v) is 38.7. The predicted molar refractivity (Wildman–Crippen MR) is 548 cm³/mol. The number of amides is 1. The second-order valence-electron chi connectivity index (χ2n) is 38.7. The highest BCUT2D eigenvalue weighted by molar-refractivity contribution is 6.00. The van der Waals surface area contributed by atoms with Crippen LogP contribution < -0.4 is 0 Å². The van der Waals surface area contributed by atoms with Crippen LogP contribution in [0.3, 0.4) is 0 Å². The standard InChI is InChI=1S/C92H153N23O24/c1-27-49(7)66(106-80(135)87(16,17)109-72(127)58(38-41-63(95)120)103-79(134)88(18,19)113-81(136)89(20,21)108-69(124)52(10)98-67(122)50(8)97-68(123)51(9)99-78(133)86(14,15)107-53(11)117)76(131)112-85(12,13)77(132)96-45-64(121)101-59(43-47(3)4)73(128)110-91(24,25)84(139)115-42-32-35-60(115)74(129)105-65(48(5)6)75(130)111-90(22,23)82(137)114-92(26,28-2)83(138)104-57(37-40-62(94)119)71(126)102-56(36-39-61(93)118)70(125)100-55(46-116)44-54-33-30-29-31-34-54/h29-31,33-34,47-52,55-60,65-66,116H,27-28,32,35-46H2,1-26H3,(H2,93,118)(H2,94,119)(H2,95,120)(H,96,132)(H,97,123)(H,98,122)(H,99,133)(H,100,125)(H,101,121)(H,102,126)(H,103,134)(H,104,138)(H,105,129)(H,106,135)(H,107,117)(H,108,124)(H,109,127)(H,110,128)(H,111,130)(H,112,131)(H,113,136)(H,114,137). The van der Waals surface area contributed by atoms with Gasteiger partial charge in [0, 0.05) is 32.7 Å². The van der Waals surface area contributed by atoms with E-state index in [1.807, 2.05) is 0 Å². The molecule has 13 unspecified atom stereocenters. The largest absolute Gasteiger partial charge is 0.497 e. The molecule has 47 heteroatoms. The van der Waals surface area contributed by atoms with Crippen LogP contribution >= 0.6 is 0 Å². The van der Waals surface area contributed by atoms with E-state index in [-0.39, 0.29) is 69.7 Å². The number of aliphatic imine (C=N–C) groups is 19. The molecule has 1 aromatic carbocycles. The van der Waals surface area contributed by atoms with E-state index in [9.17, 15) is 122 Å². The van der Waals surface area contributed by atoms with Crippen molar-refractivity contribution in [1.29, 1.82) is 16.2 Å². The molecule has 1 fully saturated rings. The minimum atomic E-state index is -1.89. The van der Waals surface area contributed by atoms with Gasteiger partial charge in [-0.25, -0.2) is 94.9 Å². The maximum absolute atomic E-state index is 14.7. The normalized spacial score (nSPS) is 19.4. The summed E-state index contributed by atoms with van der Waals surface area (Å²) in [4.78, 5) is 95.9. The van der Waals surface area contributed by atoms with Crippen LogP contribution in [0.4, 0.5) is 0 Å². The van der Waals surface area contributed by atoms with Crippen molar-refractivity contribution in [1.82, 2.24) is 4.90 Å². The molecule has 0 aromatic heterocycles. The van der Waals surface area contributed by atoms with Gasteiger partial charge in [0.05, 0.1) is 12.6 Å². The first-order chi connectivity index (χ1) is 63.8. The van der Waals surface area contributed by atoms with E-state index in [1.165, 1.54) is 136 Å². The van der Waals surface area contributed by atoms with Crippen LogP contribution in [0.25, 0.3) is 0 Å². The summed E-state index contributed by atoms with van der Waals surface area (Å²) >= 11 is 0. The molecule has 47 nitrogen and oxygen atoms in total. The molecule has 139 heavy (non-hydrogen) atoms. The first kappa shape index (κ1) is 122. The van der Waals surface area contributed by atoms with Crippen molar-refractivity contribution in [3.05, 3.63) is 35.9 Å². The van der Waals surface area contributed by atoms with E-state index < -0.39 is 278 Å². The smallest absolute Gasteiger partial charge is 0.250 e. The molecule has 13 atom stereocenters. The van der Waals surface area contributed by atoms with Crippen LogP contribution in [-0.2, 0) is 11.2 Å². The number of aliphatic hydroxyl groups excluding tert-OH is 23. The fourth-order valence-corrected chi connectivity index (χ4v) is 13.0. The Hall–Kier alpha value is -13.0. The zero-order valence-electron chi connectivity index (χ0n) is 84.7. The van der Waals surface area contributed by atoms with Crippen molar-refractivity contribution < 1.29 is 122 Å². The van der Waals surface area contributed by atoms with E-state index in [0.717, 1.165) is 5.56 Å². The Morgan fingerprint density at radius 2 is 0.813 bits per heavy atom. The average Bonchev–Trinajstić information content (AvgIpc) is 1.78. The number of hydrogen-bond donors (Lipinski definition) is 26. The fourth-order valence-electron chi connectivity index (χ4n) is 13.0. The summed E-state index contributed by atoms with van der Waals surface area (Å²) in [6.07, 6.45) is -1.20. The Bertz CT molecular complexity index is 4970. The lowest BCUT2D eigenvalue weighted by molar-refractivity contribution is -0.135. The fraction of sp³-hybridized carbons (Fsp3) is 0.685. The number of carbonyl (C=O) groups is 1. The highest BCUT2D eigenvalue weighted by Crippen LogP contribution is 2.31. The number of likely N-dealkylation sites (tertiary alicyclic amines) is 1. The number of benzene rings is 1.